The smallest absolute Gasteiger partial charge is 0.374 e. The van der Waals surface area contributed by atoms with Crippen molar-refractivity contribution < 1.29 is 24.4 Å². The maximum atomic E-state index is 8.88. The highest BCUT2D eigenvalue weighted by molar-refractivity contribution is 7.45. The van der Waals surface area contributed by atoms with Crippen molar-refractivity contribution in [3.8, 4) is 0 Å². The van der Waals surface area contributed by atoms with Gasteiger partial charge in [0.05, 0.1) is 5.52 Å². The molecule has 0 fully saturated rings. The number of rotatable bonds is 2. The van der Waals surface area contributed by atoms with Gasteiger partial charge in [-0.15, -0.1) is 5.10 Å². The molecule has 0 atom stereocenters. The molecule has 2 aromatic rings. The van der Waals surface area contributed by atoms with Gasteiger partial charge in [-0.2, -0.15) is 0 Å². The number of benzene rings is 1. The van der Waals surface area contributed by atoms with Gasteiger partial charge in [0, 0.05) is 13.1 Å². The lowest BCUT2D eigenvalue weighted by molar-refractivity contribution is 0.197. The highest BCUT2D eigenvalue weighted by Gasteiger charge is 2.00. The lowest BCUT2D eigenvalue weighted by atomic mass is 10.3. The standard InChI is InChI=1S/C7H7N3O.C2H8N2.H3O4P/c11-5-10-7-4-2-1-3-6(7)8-9-10;3-1-2-4;1-5(2,3)4/h1-4,11H,5H2;1-4H2;(H3,1,2,3,4). The van der Waals surface area contributed by atoms with Crippen molar-refractivity contribution >= 4 is 18.9 Å². The van der Waals surface area contributed by atoms with Gasteiger partial charge in [-0.05, 0) is 12.1 Å². The summed E-state index contributed by atoms with van der Waals surface area (Å²) in [4.78, 5) is 21.6. The van der Waals surface area contributed by atoms with Gasteiger partial charge >= 0.3 is 7.82 Å². The van der Waals surface area contributed by atoms with Crippen molar-refractivity contribution in [1.29, 1.82) is 0 Å². The van der Waals surface area contributed by atoms with E-state index in [1.54, 1.807) is 0 Å². The van der Waals surface area contributed by atoms with Crippen LogP contribution >= 0.6 is 7.82 Å². The van der Waals surface area contributed by atoms with Gasteiger partial charge in [-0.1, -0.05) is 17.3 Å². The van der Waals surface area contributed by atoms with Crippen LogP contribution < -0.4 is 11.5 Å². The van der Waals surface area contributed by atoms with Crippen molar-refractivity contribution in [3.63, 3.8) is 0 Å². The Balaban J connectivity index is 0.000000340. The fourth-order valence-electron chi connectivity index (χ4n) is 1.02. The van der Waals surface area contributed by atoms with Gasteiger partial charge in [-0.3, -0.25) is 0 Å². The lowest BCUT2D eigenvalue weighted by Crippen LogP contribution is -2.11. The van der Waals surface area contributed by atoms with Crippen LogP contribution in [-0.2, 0) is 11.3 Å². The van der Waals surface area contributed by atoms with Gasteiger partial charge in [0.1, 0.15) is 12.2 Å². The molecule has 0 aliphatic rings. The van der Waals surface area contributed by atoms with Crippen molar-refractivity contribution in [2.75, 3.05) is 13.1 Å². The zero-order valence-electron chi connectivity index (χ0n) is 10.6. The van der Waals surface area contributed by atoms with Crippen LogP contribution in [0.15, 0.2) is 24.3 Å². The summed E-state index contributed by atoms with van der Waals surface area (Å²) in [5, 5.41) is 16.4. The zero-order chi connectivity index (χ0) is 15.6. The molecule has 0 bridgehead atoms. The second kappa shape index (κ2) is 9.50. The molecule has 0 unspecified atom stereocenters. The number of nitrogens with two attached hydrogens (primary N) is 2. The van der Waals surface area contributed by atoms with Gasteiger partial charge < -0.3 is 31.3 Å². The Morgan fingerprint density at radius 1 is 1.15 bits per heavy atom. The molecule has 0 radical (unpaired) electrons. The third-order valence-corrected chi connectivity index (χ3v) is 1.72. The zero-order valence-corrected chi connectivity index (χ0v) is 11.5. The number of para-hydroxylation sites is 1. The summed E-state index contributed by atoms with van der Waals surface area (Å²) in [6, 6.07) is 7.50. The van der Waals surface area contributed by atoms with Crippen molar-refractivity contribution in [2.24, 2.45) is 11.5 Å². The quantitative estimate of drug-likeness (QED) is 0.354. The molecule has 0 saturated heterocycles. The first-order chi connectivity index (χ1) is 9.33. The fourth-order valence-corrected chi connectivity index (χ4v) is 1.02. The number of aliphatic hydroxyl groups is 1. The molecular weight excluding hydrogens is 289 g/mol. The Morgan fingerprint density at radius 2 is 1.65 bits per heavy atom. The van der Waals surface area contributed by atoms with Crippen LogP contribution in [0.3, 0.4) is 0 Å². The van der Waals surface area contributed by atoms with Crippen LogP contribution in [0.2, 0.25) is 0 Å². The van der Waals surface area contributed by atoms with Gasteiger partial charge in [0.2, 0.25) is 0 Å². The van der Waals surface area contributed by atoms with E-state index in [2.05, 4.69) is 10.3 Å². The number of hydrogen-bond acceptors (Lipinski definition) is 6. The van der Waals surface area contributed by atoms with Gasteiger partial charge in [0.15, 0.2) is 0 Å². The first-order valence-electron chi connectivity index (χ1n) is 5.41. The van der Waals surface area contributed by atoms with Crippen LogP contribution in [0, 0.1) is 0 Å². The molecule has 0 saturated carbocycles. The highest BCUT2D eigenvalue weighted by Crippen LogP contribution is 2.25. The normalized spacial score (nSPS) is 10.3. The molecule has 1 heterocycles. The molecule has 1 aromatic carbocycles. The summed E-state index contributed by atoms with van der Waals surface area (Å²) in [6.07, 6.45) is 0. The van der Waals surface area contributed by atoms with Crippen molar-refractivity contribution in [3.05, 3.63) is 24.3 Å². The minimum Gasteiger partial charge on any atom is -0.374 e. The van der Waals surface area contributed by atoms with Crippen LogP contribution in [0.25, 0.3) is 11.0 Å². The predicted octanol–water partition coefficient (Wildman–Crippen LogP) is -1.64. The summed E-state index contributed by atoms with van der Waals surface area (Å²) in [5.41, 5.74) is 11.5. The lowest BCUT2D eigenvalue weighted by Gasteiger charge is -1.92. The molecule has 2 rings (SSSR count). The molecule has 8 N–H and O–H groups in total. The summed E-state index contributed by atoms with van der Waals surface area (Å²) in [5.74, 6) is 0. The molecule has 114 valence electrons. The minimum absolute atomic E-state index is 0.124. The van der Waals surface area contributed by atoms with Crippen LogP contribution in [0.4, 0.5) is 0 Å². The summed E-state index contributed by atoms with van der Waals surface area (Å²) in [7, 11) is -4.64. The van der Waals surface area contributed by atoms with Crippen molar-refractivity contribution in [1.82, 2.24) is 15.0 Å². The Morgan fingerprint density at radius 3 is 2.10 bits per heavy atom. The highest BCUT2D eigenvalue weighted by atomic mass is 31.2. The van der Waals surface area contributed by atoms with Crippen LogP contribution in [-0.4, -0.2) is 47.9 Å². The molecule has 1 aromatic heterocycles. The second-order valence-corrected chi connectivity index (χ2v) is 4.34. The fraction of sp³-hybridized carbons (Fsp3) is 0.333. The largest absolute Gasteiger partial charge is 0.466 e. The van der Waals surface area contributed by atoms with E-state index in [1.165, 1.54) is 4.68 Å². The number of nitrogens with zero attached hydrogens (tertiary/aromatic N) is 3. The van der Waals surface area contributed by atoms with Crippen LogP contribution in [0.1, 0.15) is 0 Å². The minimum atomic E-state index is -4.64. The third kappa shape index (κ3) is 8.67. The van der Waals surface area contributed by atoms with E-state index in [1.807, 2.05) is 24.3 Å². The first-order valence-corrected chi connectivity index (χ1v) is 6.97. The monoisotopic (exact) mass is 307 g/mol. The molecule has 0 amide bonds. The maximum Gasteiger partial charge on any atom is 0.466 e. The Bertz CT molecular complexity index is 532. The molecular formula is C9H18N5O5P. The van der Waals surface area contributed by atoms with E-state index in [0.717, 1.165) is 11.0 Å². The van der Waals surface area contributed by atoms with E-state index >= 15 is 0 Å². The molecule has 20 heavy (non-hydrogen) atoms. The number of hydrogen-bond donors (Lipinski definition) is 6. The summed E-state index contributed by atoms with van der Waals surface area (Å²) >= 11 is 0. The summed E-state index contributed by atoms with van der Waals surface area (Å²) in [6.45, 7) is 1.07. The number of aromatic nitrogens is 3. The Labute approximate surface area is 114 Å². The average Bonchev–Trinajstić information content (AvgIpc) is 2.80. The topological polar surface area (TPSA) is 181 Å². The van der Waals surface area contributed by atoms with E-state index in [4.69, 9.17) is 35.8 Å². The Hall–Kier alpha value is -1.39. The maximum absolute atomic E-state index is 8.88. The summed E-state index contributed by atoms with van der Waals surface area (Å²) < 4.78 is 10.3. The molecule has 0 aliphatic carbocycles. The predicted molar refractivity (Wildman–Crippen MR) is 72.1 cm³/mol. The molecule has 10 nitrogen and oxygen atoms in total. The van der Waals surface area contributed by atoms with Gasteiger partial charge in [-0.25, -0.2) is 9.25 Å². The molecule has 11 heteroatoms. The van der Waals surface area contributed by atoms with Crippen molar-refractivity contribution in [2.45, 2.75) is 6.73 Å². The Kier molecular flexibility index (Phi) is 8.84. The van der Waals surface area contributed by atoms with E-state index in [-0.39, 0.29) is 6.73 Å². The second-order valence-electron chi connectivity index (χ2n) is 3.31. The van der Waals surface area contributed by atoms with Gasteiger partial charge in [0.25, 0.3) is 0 Å². The third-order valence-electron chi connectivity index (χ3n) is 1.72. The number of aliphatic hydroxyl groups excluding tert-OH is 1. The van der Waals surface area contributed by atoms with E-state index in [0.29, 0.717) is 13.1 Å². The number of phosphoric acid groups is 1. The molecule has 0 aliphatic heterocycles. The molecule has 0 spiro atoms. The van der Waals surface area contributed by atoms with E-state index < -0.39 is 7.82 Å². The van der Waals surface area contributed by atoms with Crippen LogP contribution in [0.5, 0.6) is 0 Å². The number of fused-ring (bicyclic) bond motifs is 1. The first kappa shape index (κ1) is 18.6. The SMILES string of the molecule is NCCN.O=P(O)(O)O.OCn1nnc2ccccc21. The average molecular weight is 307 g/mol. The van der Waals surface area contributed by atoms with E-state index in [9.17, 15) is 0 Å².